The van der Waals surface area contributed by atoms with Crippen molar-refractivity contribution in [3.05, 3.63) is 121 Å². The molecule has 0 aromatic heterocycles. The van der Waals surface area contributed by atoms with Crippen molar-refractivity contribution in [1.29, 1.82) is 0 Å². The minimum Gasteiger partial charge on any atom is -0.486 e. The smallest absolute Gasteiger partial charge is 0.271 e. The van der Waals surface area contributed by atoms with Crippen molar-refractivity contribution in [3.63, 3.8) is 0 Å². The van der Waals surface area contributed by atoms with E-state index in [9.17, 15) is 26.4 Å². The molecule has 14 nitrogen and oxygen atoms in total. The Bertz CT molecular complexity index is 2500. The van der Waals surface area contributed by atoms with Gasteiger partial charge in [-0.15, -0.1) is 0 Å². The molecular weight excluding hydrogens is 785 g/mol. The number of hydrogen-bond acceptors (Lipinski definition) is 12. The highest BCUT2D eigenvalue weighted by atomic mass is 32.2. The van der Waals surface area contributed by atoms with Gasteiger partial charge in [-0.05, 0) is 48.5 Å². The maximum atomic E-state index is 13.3. The van der Waals surface area contributed by atoms with Crippen LogP contribution < -0.4 is 38.2 Å². The maximum Gasteiger partial charge on any atom is 0.271 e. The van der Waals surface area contributed by atoms with Crippen LogP contribution in [0, 0.1) is 0 Å². The van der Waals surface area contributed by atoms with Gasteiger partial charge in [0.15, 0.2) is 36.2 Å². The van der Waals surface area contributed by atoms with Crippen LogP contribution in [-0.2, 0) is 29.6 Å². The zero-order valence-electron chi connectivity index (χ0n) is 32.2. The van der Waals surface area contributed by atoms with Crippen molar-refractivity contribution in [3.8, 4) is 23.0 Å². The van der Waals surface area contributed by atoms with E-state index in [0.29, 0.717) is 10.8 Å². The molecule has 0 spiro atoms. The predicted molar refractivity (Wildman–Crippen MR) is 222 cm³/mol. The van der Waals surface area contributed by atoms with Gasteiger partial charge >= 0.3 is 0 Å². The highest BCUT2D eigenvalue weighted by Gasteiger charge is 2.23. The second kappa shape index (κ2) is 17.7. The van der Waals surface area contributed by atoms with E-state index < -0.39 is 45.1 Å². The van der Waals surface area contributed by atoms with E-state index in [0.717, 1.165) is 22.1 Å². The third-order valence-electron chi connectivity index (χ3n) is 8.77. The maximum absolute atomic E-state index is 13.3. The highest BCUT2D eigenvalue weighted by Crippen LogP contribution is 2.32. The molecule has 0 saturated heterocycles. The summed E-state index contributed by atoms with van der Waals surface area (Å²) in [4.78, 5) is 29.3. The Balaban J connectivity index is 1.01. The van der Waals surface area contributed by atoms with Crippen LogP contribution in [0.5, 0.6) is 23.0 Å². The lowest BCUT2D eigenvalue weighted by atomic mass is 10.1. The molecule has 0 unspecified atom stereocenters. The van der Waals surface area contributed by atoms with Gasteiger partial charge in [0.05, 0.1) is 9.79 Å². The van der Waals surface area contributed by atoms with Crippen LogP contribution in [0.2, 0.25) is 0 Å². The van der Waals surface area contributed by atoms with Crippen LogP contribution in [0.3, 0.4) is 0 Å². The number of carbonyl (C=O) groups excluding carboxylic acids is 2. The number of benzene rings is 6. The number of fused-ring (bicyclic) bond motifs is 2. The zero-order valence-corrected chi connectivity index (χ0v) is 33.8. The van der Waals surface area contributed by atoms with E-state index in [-0.39, 0.29) is 46.0 Å². The molecule has 2 amide bonds. The van der Waals surface area contributed by atoms with Crippen LogP contribution in [0.25, 0.3) is 21.5 Å². The summed E-state index contributed by atoms with van der Waals surface area (Å²) in [6, 6.07) is 33.5. The Kier molecular flexibility index (Phi) is 12.6. The van der Waals surface area contributed by atoms with E-state index in [4.69, 9.17) is 18.9 Å². The van der Waals surface area contributed by atoms with Crippen molar-refractivity contribution >= 4 is 64.8 Å². The van der Waals surface area contributed by atoms with Crippen molar-refractivity contribution in [2.24, 2.45) is 0 Å². The zero-order chi connectivity index (χ0) is 41.5. The van der Waals surface area contributed by atoms with Crippen molar-refractivity contribution < 1.29 is 45.4 Å². The first-order valence-corrected chi connectivity index (χ1v) is 20.9. The van der Waals surface area contributed by atoms with E-state index in [1.54, 1.807) is 84.9 Å². The van der Waals surface area contributed by atoms with Crippen LogP contribution >= 0.6 is 0 Å². The normalized spacial score (nSPS) is 11.4. The fraction of sp³-hybridized carbons (Fsp3) is 0.190. The minimum absolute atomic E-state index is 0.0185. The van der Waals surface area contributed by atoms with Gasteiger partial charge in [-0.1, -0.05) is 72.8 Å². The summed E-state index contributed by atoms with van der Waals surface area (Å²) in [5, 5.41) is 2.38. The molecule has 0 aliphatic rings. The van der Waals surface area contributed by atoms with Crippen molar-refractivity contribution in [2.45, 2.75) is 9.79 Å². The molecule has 16 heteroatoms. The number of carbonyl (C=O) groups is 2. The monoisotopic (exact) mass is 826 g/mol. The fourth-order valence-corrected chi connectivity index (χ4v) is 8.60. The molecule has 0 aliphatic carbocycles. The average Bonchev–Trinajstić information content (AvgIpc) is 3.20. The minimum atomic E-state index is -4.24. The number of nitrogens with one attached hydrogen (secondary N) is 2. The summed E-state index contributed by atoms with van der Waals surface area (Å²) in [6.07, 6.45) is 0. The number of hydrogen-bond donors (Lipinski definition) is 2. The molecule has 6 aromatic rings. The molecule has 0 aliphatic heterocycles. The van der Waals surface area contributed by atoms with E-state index in [2.05, 4.69) is 9.44 Å². The largest absolute Gasteiger partial charge is 0.486 e. The molecule has 0 atom stereocenters. The first kappa shape index (κ1) is 41.1. The van der Waals surface area contributed by atoms with Crippen molar-refractivity contribution in [1.82, 2.24) is 9.44 Å². The lowest BCUT2D eigenvalue weighted by Gasteiger charge is -2.17. The first-order chi connectivity index (χ1) is 27.7. The van der Waals surface area contributed by atoms with Gasteiger partial charge in [0.1, 0.15) is 13.2 Å². The Morgan fingerprint density at radius 1 is 0.448 bits per heavy atom. The quantitative estimate of drug-likeness (QED) is 0.113. The number of anilines is 2. The van der Waals surface area contributed by atoms with Crippen LogP contribution in [-0.4, -0.2) is 83.3 Å². The Hall–Kier alpha value is -6.52. The summed E-state index contributed by atoms with van der Waals surface area (Å²) in [7, 11) is -1.04. The van der Waals surface area contributed by atoms with Crippen LogP contribution in [0.15, 0.2) is 131 Å². The Morgan fingerprint density at radius 2 is 0.776 bits per heavy atom. The van der Waals surface area contributed by atoms with Gasteiger partial charge in [0.25, 0.3) is 31.9 Å². The third kappa shape index (κ3) is 9.53. The molecule has 2 N–H and O–H groups in total. The summed E-state index contributed by atoms with van der Waals surface area (Å²) < 4.78 is 80.3. The Morgan fingerprint density at radius 3 is 1.14 bits per heavy atom. The molecule has 0 radical (unpaired) electrons. The molecule has 0 bridgehead atoms. The first-order valence-electron chi connectivity index (χ1n) is 17.9. The molecule has 0 fully saturated rings. The molecule has 0 heterocycles. The van der Waals surface area contributed by atoms with Crippen LogP contribution in [0.4, 0.5) is 11.4 Å². The number of para-hydroxylation sites is 4. The molecule has 302 valence electrons. The summed E-state index contributed by atoms with van der Waals surface area (Å²) >= 11 is 0. The number of nitrogens with zero attached hydrogens (tertiary/aromatic N) is 2. The Labute approximate surface area is 337 Å². The van der Waals surface area contributed by atoms with E-state index in [1.807, 2.05) is 62.3 Å². The third-order valence-corrected chi connectivity index (χ3v) is 11.6. The summed E-state index contributed by atoms with van der Waals surface area (Å²) in [5.74, 6) is -0.815. The summed E-state index contributed by atoms with van der Waals surface area (Å²) in [5.41, 5.74) is 1.66. The average molecular weight is 827 g/mol. The predicted octanol–water partition coefficient (Wildman–Crippen LogP) is 5.35. The summed E-state index contributed by atoms with van der Waals surface area (Å²) in [6.45, 7) is -1.18. The van der Waals surface area contributed by atoms with E-state index >= 15 is 0 Å². The van der Waals surface area contributed by atoms with Crippen molar-refractivity contribution in [2.75, 3.05) is 64.4 Å². The number of rotatable bonds is 17. The number of amides is 2. The van der Waals surface area contributed by atoms with Gasteiger partial charge in [0.2, 0.25) is 0 Å². The lowest BCUT2D eigenvalue weighted by molar-refractivity contribution is -0.122. The topological polar surface area (TPSA) is 170 Å². The molecule has 6 aromatic carbocycles. The number of ether oxygens (including phenoxy) is 4. The fourth-order valence-electron chi connectivity index (χ4n) is 6.21. The van der Waals surface area contributed by atoms with Gasteiger partial charge in [-0.2, -0.15) is 0 Å². The highest BCUT2D eigenvalue weighted by molar-refractivity contribution is 7.90. The second-order valence-electron chi connectivity index (χ2n) is 13.3. The molecule has 6 rings (SSSR count). The standard InChI is InChI=1S/C42H42N4O10S2/c1-45(2)33-17-9-15-31-29(33)13-11-23-39(31)57(49,50)43-41(47)27-55-37-21-7-5-19-35(37)53-25-26-54-36-20-6-8-22-38(36)56-28-42(48)44-58(51,52)40-24-12-14-30-32(40)16-10-18-34(30)46(3)4/h5-24H,25-28H2,1-4H3,(H,43,47)(H,44,48). The van der Waals surface area contributed by atoms with Crippen LogP contribution in [0.1, 0.15) is 0 Å². The molecule has 0 saturated carbocycles. The van der Waals surface area contributed by atoms with Gasteiger partial charge in [-0.25, -0.2) is 26.3 Å². The van der Waals surface area contributed by atoms with E-state index in [1.165, 1.54) is 12.1 Å². The second-order valence-corrected chi connectivity index (χ2v) is 16.6. The molecule has 58 heavy (non-hydrogen) atoms. The van der Waals surface area contributed by atoms with Gasteiger partial charge in [0, 0.05) is 61.1 Å². The van der Waals surface area contributed by atoms with Gasteiger partial charge < -0.3 is 28.7 Å². The lowest BCUT2D eigenvalue weighted by Crippen LogP contribution is -2.34. The molecular formula is C42H42N4O10S2. The van der Waals surface area contributed by atoms with Gasteiger partial charge in [-0.3, -0.25) is 9.59 Å². The SMILES string of the molecule is CN(C)c1cccc2c(S(=O)(=O)NC(=O)COc3ccccc3OCCOc3ccccc3OCC(=O)NS(=O)(=O)c3cccc4c(N(C)C)cccc34)cccc12. The number of sulfonamides is 2.